The quantitative estimate of drug-likeness (QED) is 0.452. The molecule has 108 valence electrons. The summed E-state index contributed by atoms with van der Waals surface area (Å²) < 4.78 is 6.10. The number of hydrogen-bond donors (Lipinski definition) is 1. The van der Waals surface area contributed by atoms with Gasteiger partial charge in [0.25, 0.3) is 5.69 Å². The van der Waals surface area contributed by atoms with Crippen LogP contribution in [-0.4, -0.2) is 16.0 Å². The molecule has 2 aromatic rings. The van der Waals surface area contributed by atoms with Crippen molar-refractivity contribution >= 4 is 45.8 Å². The van der Waals surface area contributed by atoms with Gasteiger partial charge in [0.1, 0.15) is 11.5 Å². The van der Waals surface area contributed by atoms with Crippen LogP contribution in [0.5, 0.6) is 11.5 Å². The number of rotatable bonds is 4. The highest BCUT2D eigenvalue weighted by Crippen LogP contribution is 2.34. The average molecular weight is 420 g/mol. The summed E-state index contributed by atoms with van der Waals surface area (Å²) in [4.78, 5) is 21.0. The smallest absolute Gasteiger partial charge is 0.335 e. The van der Waals surface area contributed by atoms with E-state index in [1.807, 2.05) is 22.6 Å². The second-order valence-corrected chi connectivity index (χ2v) is 5.49. The van der Waals surface area contributed by atoms with Crippen molar-refractivity contribution in [2.75, 3.05) is 0 Å². The fraction of sp³-hybridized carbons (Fsp3) is 0. The van der Waals surface area contributed by atoms with Gasteiger partial charge in [-0.15, -0.1) is 0 Å². The minimum atomic E-state index is -1.09. The zero-order chi connectivity index (χ0) is 15.6. The number of carboxylic acid groups (broad SMARTS) is 1. The van der Waals surface area contributed by atoms with Gasteiger partial charge in [0.15, 0.2) is 0 Å². The van der Waals surface area contributed by atoms with Crippen molar-refractivity contribution in [3.63, 3.8) is 0 Å². The van der Waals surface area contributed by atoms with Crippen LogP contribution in [0.15, 0.2) is 36.4 Å². The SMILES string of the molecule is O=C(O)c1ccc(Oc2ccc([N+](=O)[O-])cc2I)c(Cl)c1. The van der Waals surface area contributed by atoms with Crippen molar-refractivity contribution in [3.05, 3.63) is 60.7 Å². The third-order valence-electron chi connectivity index (χ3n) is 2.53. The molecule has 0 aromatic heterocycles. The summed E-state index contributed by atoms with van der Waals surface area (Å²) in [6.07, 6.45) is 0. The summed E-state index contributed by atoms with van der Waals surface area (Å²) in [6.45, 7) is 0. The van der Waals surface area contributed by atoms with Gasteiger partial charge < -0.3 is 9.84 Å². The first-order valence-corrected chi connectivity index (χ1v) is 6.99. The van der Waals surface area contributed by atoms with Crippen LogP contribution in [0.25, 0.3) is 0 Å². The first-order valence-electron chi connectivity index (χ1n) is 5.53. The van der Waals surface area contributed by atoms with Crippen molar-refractivity contribution < 1.29 is 19.6 Å². The molecule has 8 heteroatoms. The first-order chi connectivity index (χ1) is 9.88. The van der Waals surface area contributed by atoms with E-state index in [0.29, 0.717) is 9.32 Å². The van der Waals surface area contributed by atoms with E-state index in [1.54, 1.807) is 0 Å². The topological polar surface area (TPSA) is 89.7 Å². The maximum absolute atomic E-state index is 10.8. The van der Waals surface area contributed by atoms with Crippen molar-refractivity contribution in [1.82, 2.24) is 0 Å². The number of carbonyl (C=O) groups is 1. The maximum Gasteiger partial charge on any atom is 0.335 e. The summed E-state index contributed by atoms with van der Waals surface area (Å²) in [6, 6.07) is 8.22. The van der Waals surface area contributed by atoms with Crippen LogP contribution in [0, 0.1) is 13.7 Å². The molecule has 0 saturated carbocycles. The molecule has 21 heavy (non-hydrogen) atoms. The van der Waals surface area contributed by atoms with Gasteiger partial charge in [-0.3, -0.25) is 10.1 Å². The molecule has 0 fully saturated rings. The molecule has 0 atom stereocenters. The summed E-state index contributed by atoms with van der Waals surface area (Å²) in [5.74, 6) is -0.423. The number of ether oxygens (including phenoxy) is 1. The third-order valence-corrected chi connectivity index (χ3v) is 3.66. The molecule has 1 N–H and O–H groups in total. The number of non-ortho nitro benzene ring substituents is 1. The number of halogens is 2. The molecule has 0 amide bonds. The fourth-order valence-corrected chi connectivity index (χ4v) is 2.35. The van der Waals surface area contributed by atoms with E-state index in [0.717, 1.165) is 0 Å². The van der Waals surface area contributed by atoms with Crippen molar-refractivity contribution in [2.24, 2.45) is 0 Å². The molecule has 0 radical (unpaired) electrons. The monoisotopic (exact) mass is 419 g/mol. The van der Waals surface area contributed by atoms with Crippen molar-refractivity contribution in [1.29, 1.82) is 0 Å². The molecule has 0 bridgehead atoms. The molecule has 2 aromatic carbocycles. The second kappa shape index (κ2) is 6.27. The fourth-order valence-electron chi connectivity index (χ4n) is 1.52. The lowest BCUT2D eigenvalue weighted by Gasteiger charge is -2.09. The molecule has 6 nitrogen and oxygen atoms in total. The average Bonchev–Trinajstić information content (AvgIpc) is 2.42. The molecule has 0 heterocycles. The molecule has 0 unspecified atom stereocenters. The van der Waals surface area contributed by atoms with Crippen LogP contribution in [-0.2, 0) is 0 Å². The van der Waals surface area contributed by atoms with Crippen LogP contribution >= 0.6 is 34.2 Å². The molecule has 0 aliphatic rings. The van der Waals surface area contributed by atoms with Gasteiger partial charge in [0.05, 0.1) is 19.1 Å². The molecule has 0 spiro atoms. The Labute approximate surface area is 137 Å². The van der Waals surface area contributed by atoms with Gasteiger partial charge in [-0.1, -0.05) is 11.6 Å². The lowest BCUT2D eigenvalue weighted by molar-refractivity contribution is -0.385. The van der Waals surface area contributed by atoms with Crippen molar-refractivity contribution in [2.45, 2.75) is 0 Å². The Bertz CT molecular complexity index is 673. The van der Waals surface area contributed by atoms with E-state index in [9.17, 15) is 14.9 Å². The highest BCUT2D eigenvalue weighted by molar-refractivity contribution is 14.1. The summed E-state index contributed by atoms with van der Waals surface area (Å²) in [5, 5.41) is 19.7. The summed E-state index contributed by atoms with van der Waals surface area (Å²) >= 11 is 7.87. The number of carboxylic acids is 1. The molecule has 2 rings (SSSR count). The Morgan fingerprint density at radius 3 is 2.43 bits per heavy atom. The molecule has 0 aliphatic heterocycles. The summed E-state index contributed by atoms with van der Waals surface area (Å²) in [7, 11) is 0. The Kier molecular flexibility index (Phi) is 4.63. The molecule has 0 saturated heterocycles. The Morgan fingerprint density at radius 2 is 1.90 bits per heavy atom. The van der Waals surface area contributed by atoms with Gasteiger partial charge >= 0.3 is 5.97 Å². The van der Waals surface area contributed by atoms with Crippen LogP contribution < -0.4 is 4.74 Å². The van der Waals surface area contributed by atoms with Crippen molar-refractivity contribution in [3.8, 4) is 11.5 Å². The number of nitro benzene ring substituents is 1. The van der Waals surface area contributed by atoms with Crippen LogP contribution in [0.4, 0.5) is 5.69 Å². The predicted molar refractivity (Wildman–Crippen MR) is 84.3 cm³/mol. The Balaban J connectivity index is 2.30. The van der Waals surface area contributed by atoms with E-state index in [1.165, 1.54) is 36.4 Å². The Morgan fingerprint density at radius 1 is 1.24 bits per heavy atom. The van der Waals surface area contributed by atoms with E-state index >= 15 is 0 Å². The number of hydrogen-bond acceptors (Lipinski definition) is 4. The van der Waals surface area contributed by atoms with E-state index in [-0.39, 0.29) is 22.0 Å². The van der Waals surface area contributed by atoms with Gasteiger partial charge in [0, 0.05) is 12.1 Å². The first kappa shape index (κ1) is 15.5. The van der Waals surface area contributed by atoms with Crippen LogP contribution in [0.3, 0.4) is 0 Å². The zero-order valence-electron chi connectivity index (χ0n) is 10.2. The maximum atomic E-state index is 10.8. The lowest BCUT2D eigenvalue weighted by Crippen LogP contribution is -1.97. The minimum Gasteiger partial charge on any atom is -0.478 e. The number of benzene rings is 2. The largest absolute Gasteiger partial charge is 0.478 e. The van der Waals surface area contributed by atoms with Gasteiger partial charge in [-0.05, 0) is 46.9 Å². The van der Waals surface area contributed by atoms with Gasteiger partial charge in [-0.2, -0.15) is 0 Å². The predicted octanol–water partition coefficient (Wildman–Crippen LogP) is 4.34. The molecule has 0 aliphatic carbocycles. The minimum absolute atomic E-state index is 0.0425. The third kappa shape index (κ3) is 3.61. The van der Waals surface area contributed by atoms with E-state index in [4.69, 9.17) is 21.4 Å². The zero-order valence-corrected chi connectivity index (χ0v) is 13.2. The number of nitro groups is 1. The molecular formula is C13H7ClINO5. The number of nitrogens with zero attached hydrogens (tertiary/aromatic N) is 1. The van der Waals surface area contributed by atoms with E-state index in [2.05, 4.69) is 0 Å². The highest BCUT2D eigenvalue weighted by atomic mass is 127. The highest BCUT2D eigenvalue weighted by Gasteiger charge is 2.13. The molecular weight excluding hydrogens is 413 g/mol. The van der Waals surface area contributed by atoms with Crippen LogP contribution in [0.1, 0.15) is 10.4 Å². The lowest BCUT2D eigenvalue weighted by atomic mass is 10.2. The summed E-state index contributed by atoms with van der Waals surface area (Å²) in [5.41, 5.74) is 0.00446. The van der Waals surface area contributed by atoms with E-state index < -0.39 is 10.9 Å². The standard InChI is InChI=1S/C13H7ClINO5/c14-9-5-7(13(17)18)1-3-11(9)21-12-4-2-8(16(19)20)6-10(12)15/h1-6H,(H,17,18). The van der Waals surface area contributed by atoms with Gasteiger partial charge in [-0.25, -0.2) is 4.79 Å². The normalized spacial score (nSPS) is 10.2. The Hall–Kier alpha value is -1.87. The van der Waals surface area contributed by atoms with Crippen LogP contribution in [0.2, 0.25) is 5.02 Å². The second-order valence-electron chi connectivity index (χ2n) is 3.92. The number of aromatic carboxylic acids is 1. The van der Waals surface area contributed by atoms with Gasteiger partial charge in [0.2, 0.25) is 0 Å².